The summed E-state index contributed by atoms with van der Waals surface area (Å²) >= 11 is 0. The lowest BCUT2D eigenvalue weighted by molar-refractivity contribution is 0.102. The third kappa shape index (κ3) is 3.21. The molecule has 1 amide bonds. The van der Waals surface area contributed by atoms with Gasteiger partial charge in [-0.15, -0.1) is 0 Å². The van der Waals surface area contributed by atoms with Gasteiger partial charge in [-0.1, -0.05) is 12.1 Å². The van der Waals surface area contributed by atoms with Gasteiger partial charge in [0.05, 0.1) is 24.4 Å². The highest BCUT2D eigenvalue weighted by Crippen LogP contribution is 2.24. The number of nitrogens with zero attached hydrogens (tertiary/aromatic N) is 2. The van der Waals surface area contributed by atoms with Crippen molar-refractivity contribution in [1.29, 1.82) is 0 Å². The first-order valence-corrected chi connectivity index (χ1v) is 8.26. The first-order valence-electron chi connectivity index (χ1n) is 8.26. The molecule has 6 nitrogen and oxygen atoms in total. The minimum atomic E-state index is -0.191. The minimum Gasteiger partial charge on any atom is -0.472 e. The van der Waals surface area contributed by atoms with E-state index in [9.17, 15) is 4.79 Å². The maximum absolute atomic E-state index is 12.7. The molecule has 1 aliphatic heterocycles. The summed E-state index contributed by atoms with van der Waals surface area (Å²) < 4.78 is 13.1. The van der Waals surface area contributed by atoms with E-state index in [4.69, 9.17) is 9.47 Å². The SMILES string of the molecule is Cn1ccc2cccc(NC(=O)c3ccnc(O[C@H]4CCOC4)c3)c21. The van der Waals surface area contributed by atoms with Gasteiger partial charge in [0.1, 0.15) is 6.10 Å². The summed E-state index contributed by atoms with van der Waals surface area (Å²) in [7, 11) is 1.96. The van der Waals surface area contributed by atoms with Gasteiger partial charge in [-0.05, 0) is 18.2 Å². The molecule has 0 unspecified atom stereocenters. The molecular weight excluding hydrogens is 318 g/mol. The summed E-state index contributed by atoms with van der Waals surface area (Å²) in [6, 6.07) is 11.2. The lowest BCUT2D eigenvalue weighted by Crippen LogP contribution is -2.17. The predicted molar refractivity (Wildman–Crippen MR) is 95.0 cm³/mol. The number of rotatable bonds is 4. The molecule has 1 saturated heterocycles. The highest BCUT2D eigenvalue weighted by Gasteiger charge is 2.18. The number of carbonyl (C=O) groups excluding carboxylic acids is 1. The summed E-state index contributed by atoms with van der Waals surface area (Å²) in [5.74, 6) is 0.254. The largest absolute Gasteiger partial charge is 0.472 e. The molecule has 1 atom stereocenters. The van der Waals surface area contributed by atoms with Crippen LogP contribution in [-0.2, 0) is 11.8 Å². The normalized spacial score (nSPS) is 16.9. The van der Waals surface area contributed by atoms with Gasteiger partial charge in [-0.3, -0.25) is 4.79 Å². The number of benzene rings is 1. The minimum absolute atomic E-state index is 0.00271. The van der Waals surface area contributed by atoms with Crippen LogP contribution in [0.3, 0.4) is 0 Å². The summed E-state index contributed by atoms with van der Waals surface area (Å²) in [4.78, 5) is 16.8. The molecule has 1 aromatic carbocycles. The second kappa shape index (κ2) is 6.57. The molecule has 1 aliphatic rings. The van der Waals surface area contributed by atoms with Gasteiger partial charge in [0.25, 0.3) is 5.91 Å². The van der Waals surface area contributed by atoms with Crippen LogP contribution in [0, 0.1) is 0 Å². The van der Waals surface area contributed by atoms with E-state index in [1.807, 2.05) is 42.1 Å². The molecule has 3 heterocycles. The lowest BCUT2D eigenvalue weighted by Gasteiger charge is -2.12. The van der Waals surface area contributed by atoms with Crippen molar-refractivity contribution in [1.82, 2.24) is 9.55 Å². The summed E-state index contributed by atoms with van der Waals surface area (Å²) in [5, 5.41) is 4.06. The molecule has 0 saturated carbocycles. The summed E-state index contributed by atoms with van der Waals surface area (Å²) in [6.07, 6.45) is 4.40. The van der Waals surface area contributed by atoms with Crippen molar-refractivity contribution in [2.45, 2.75) is 12.5 Å². The fraction of sp³-hybridized carbons (Fsp3) is 0.263. The number of carbonyl (C=O) groups is 1. The number of hydrogen-bond acceptors (Lipinski definition) is 4. The van der Waals surface area contributed by atoms with Crippen molar-refractivity contribution >= 4 is 22.5 Å². The molecular formula is C19H19N3O3. The molecule has 25 heavy (non-hydrogen) atoms. The highest BCUT2D eigenvalue weighted by molar-refractivity contribution is 6.08. The Kier molecular flexibility index (Phi) is 4.11. The molecule has 1 fully saturated rings. The number of para-hydroxylation sites is 1. The van der Waals surface area contributed by atoms with E-state index >= 15 is 0 Å². The second-order valence-electron chi connectivity index (χ2n) is 6.11. The molecule has 4 rings (SSSR count). The Balaban J connectivity index is 1.55. The molecule has 0 spiro atoms. The van der Waals surface area contributed by atoms with Gasteiger partial charge in [0.15, 0.2) is 0 Å². The smallest absolute Gasteiger partial charge is 0.255 e. The van der Waals surface area contributed by atoms with Crippen LogP contribution in [0.5, 0.6) is 5.88 Å². The number of anilines is 1. The van der Waals surface area contributed by atoms with Crippen LogP contribution in [-0.4, -0.2) is 34.8 Å². The first-order chi connectivity index (χ1) is 12.2. The lowest BCUT2D eigenvalue weighted by atomic mass is 10.2. The molecule has 0 bridgehead atoms. The zero-order chi connectivity index (χ0) is 17.2. The maximum atomic E-state index is 12.7. The highest BCUT2D eigenvalue weighted by atomic mass is 16.5. The van der Waals surface area contributed by atoms with Gasteiger partial charge in [-0.2, -0.15) is 0 Å². The van der Waals surface area contributed by atoms with Crippen molar-refractivity contribution < 1.29 is 14.3 Å². The van der Waals surface area contributed by atoms with E-state index in [2.05, 4.69) is 10.3 Å². The van der Waals surface area contributed by atoms with Crippen LogP contribution in [0.4, 0.5) is 5.69 Å². The Morgan fingerprint density at radius 1 is 1.36 bits per heavy atom. The Labute approximate surface area is 145 Å². The van der Waals surface area contributed by atoms with E-state index in [1.54, 1.807) is 18.3 Å². The monoisotopic (exact) mass is 337 g/mol. The van der Waals surface area contributed by atoms with Crippen molar-refractivity contribution in [2.75, 3.05) is 18.5 Å². The zero-order valence-electron chi connectivity index (χ0n) is 13.9. The number of ether oxygens (including phenoxy) is 2. The van der Waals surface area contributed by atoms with E-state index < -0.39 is 0 Å². The fourth-order valence-electron chi connectivity index (χ4n) is 3.04. The Hall–Kier alpha value is -2.86. The molecule has 0 aliphatic carbocycles. The molecule has 1 N–H and O–H groups in total. The molecule has 3 aromatic rings. The van der Waals surface area contributed by atoms with Gasteiger partial charge in [0.2, 0.25) is 5.88 Å². The van der Waals surface area contributed by atoms with Crippen molar-refractivity contribution in [3.8, 4) is 5.88 Å². The average molecular weight is 337 g/mol. The Morgan fingerprint density at radius 2 is 2.28 bits per heavy atom. The number of fused-ring (bicyclic) bond motifs is 1. The van der Waals surface area contributed by atoms with Crippen molar-refractivity contribution in [2.24, 2.45) is 7.05 Å². The number of pyridine rings is 1. The number of nitrogens with one attached hydrogen (secondary N) is 1. The topological polar surface area (TPSA) is 65.4 Å². The van der Waals surface area contributed by atoms with Gasteiger partial charge >= 0.3 is 0 Å². The van der Waals surface area contributed by atoms with Crippen LogP contribution >= 0.6 is 0 Å². The Morgan fingerprint density at radius 3 is 3.12 bits per heavy atom. The third-order valence-corrected chi connectivity index (χ3v) is 4.32. The molecule has 128 valence electrons. The maximum Gasteiger partial charge on any atom is 0.255 e. The van der Waals surface area contributed by atoms with E-state index in [0.717, 1.165) is 23.0 Å². The van der Waals surface area contributed by atoms with Crippen LogP contribution in [0.25, 0.3) is 10.9 Å². The molecule has 6 heteroatoms. The molecule has 2 aromatic heterocycles. The number of amides is 1. The first kappa shape index (κ1) is 15.7. The third-order valence-electron chi connectivity index (χ3n) is 4.32. The van der Waals surface area contributed by atoms with E-state index in [0.29, 0.717) is 24.7 Å². The summed E-state index contributed by atoms with van der Waals surface area (Å²) in [5.41, 5.74) is 2.28. The van der Waals surface area contributed by atoms with Gasteiger partial charge in [-0.25, -0.2) is 4.98 Å². The van der Waals surface area contributed by atoms with Crippen LogP contribution in [0.2, 0.25) is 0 Å². The average Bonchev–Trinajstić information content (AvgIpc) is 3.26. The van der Waals surface area contributed by atoms with Crippen LogP contribution in [0.15, 0.2) is 48.8 Å². The Bertz CT molecular complexity index is 913. The standard InChI is InChI=1S/C19H19N3O3/c1-22-9-6-13-3-2-4-16(18(13)22)21-19(23)14-5-8-20-17(11-14)25-15-7-10-24-12-15/h2-6,8-9,11,15H,7,10,12H2,1H3,(H,21,23)/t15-/m0/s1. The van der Waals surface area contributed by atoms with Crippen LogP contribution < -0.4 is 10.1 Å². The van der Waals surface area contributed by atoms with Gasteiger partial charge < -0.3 is 19.4 Å². The predicted octanol–water partition coefficient (Wildman–Crippen LogP) is 2.99. The second-order valence-corrected chi connectivity index (χ2v) is 6.11. The molecule has 0 radical (unpaired) electrons. The number of aromatic nitrogens is 2. The van der Waals surface area contributed by atoms with Crippen molar-refractivity contribution in [3.63, 3.8) is 0 Å². The van der Waals surface area contributed by atoms with E-state index in [-0.39, 0.29) is 12.0 Å². The number of aryl methyl sites for hydroxylation is 1. The van der Waals surface area contributed by atoms with Crippen molar-refractivity contribution in [3.05, 3.63) is 54.4 Å². The zero-order valence-corrected chi connectivity index (χ0v) is 13.9. The fourth-order valence-corrected chi connectivity index (χ4v) is 3.04. The van der Waals surface area contributed by atoms with Crippen LogP contribution in [0.1, 0.15) is 16.8 Å². The number of hydrogen-bond donors (Lipinski definition) is 1. The quantitative estimate of drug-likeness (QED) is 0.795. The summed E-state index contributed by atoms with van der Waals surface area (Å²) in [6.45, 7) is 1.26. The van der Waals surface area contributed by atoms with Gasteiger partial charge in [0, 0.05) is 42.9 Å². The van der Waals surface area contributed by atoms with E-state index in [1.165, 1.54) is 0 Å².